The van der Waals surface area contributed by atoms with Crippen LogP contribution in [0.15, 0.2) is 42.5 Å². The molecular weight excluding hydrogens is 378 g/mol. The SMILES string of the molecule is COc1ccc(CN(C)C(=O)c2cc3ccc(C)cc3nc2C)cc1OC(F)F. The van der Waals surface area contributed by atoms with Crippen molar-refractivity contribution in [3.63, 3.8) is 0 Å². The van der Waals surface area contributed by atoms with Crippen molar-refractivity contribution in [2.45, 2.75) is 27.0 Å². The summed E-state index contributed by atoms with van der Waals surface area (Å²) in [7, 11) is 3.03. The van der Waals surface area contributed by atoms with Gasteiger partial charge in [-0.3, -0.25) is 9.78 Å². The van der Waals surface area contributed by atoms with Crippen molar-refractivity contribution in [3.8, 4) is 11.5 Å². The normalized spacial score (nSPS) is 11.0. The van der Waals surface area contributed by atoms with Crippen LogP contribution in [0.1, 0.15) is 27.2 Å². The van der Waals surface area contributed by atoms with Crippen molar-refractivity contribution in [1.29, 1.82) is 0 Å². The van der Waals surface area contributed by atoms with Gasteiger partial charge in [0, 0.05) is 19.0 Å². The van der Waals surface area contributed by atoms with Crippen LogP contribution in [0.3, 0.4) is 0 Å². The summed E-state index contributed by atoms with van der Waals surface area (Å²) in [6.45, 7) is 1.04. The highest BCUT2D eigenvalue weighted by Gasteiger charge is 2.18. The number of hydrogen-bond donors (Lipinski definition) is 0. The highest BCUT2D eigenvalue weighted by Crippen LogP contribution is 2.30. The number of pyridine rings is 1. The number of aromatic nitrogens is 1. The zero-order valence-electron chi connectivity index (χ0n) is 16.7. The predicted molar refractivity (Wildman–Crippen MR) is 107 cm³/mol. The molecule has 0 fully saturated rings. The minimum Gasteiger partial charge on any atom is -0.493 e. The number of alkyl halides is 2. The summed E-state index contributed by atoms with van der Waals surface area (Å²) in [5, 5.41) is 0.884. The van der Waals surface area contributed by atoms with E-state index in [-0.39, 0.29) is 24.0 Å². The van der Waals surface area contributed by atoms with Gasteiger partial charge in [0.05, 0.1) is 23.9 Å². The fourth-order valence-corrected chi connectivity index (χ4v) is 3.15. The lowest BCUT2D eigenvalue weighted by atomic mass is 10.1. The third kappa shape index (κ3) is 4.62. The summed E-state index contributed by atoms with van der Waals surface area (Å²) in [6, 6.07) is 12.4. The Kier molecular flexibility index (Phi) is 5.96. The summed E-state index contributed by atoms with van der Waals surface area (Å²) in [5.41, 5.74) is 3.71. The van der Waals surface area contributed by atoms with Crippen molar-refractivity contribution < 1.29 is 23.0 Å². The van der Waals surface area contributed by atoms with Gasteiger partial charge < -0.3 is 14.4 Å². The molecular formula is C22H22F2N2O3. The molecule has 0 saturated heterocycles. The second-order valence-corrected chi connectivity index (χ2v) is 6.84. The molecule has 1 heterocycles. The molecule has 0 saturated carbocycles. The number of fused-ring (bicyclic) bond motifs is 1. The lowest BCUT2D eigenvalue weighted by molar-refractivity contribution is -0.0512. The van der Waals surface area contributed by atoms with Gasteiger partial charge in [0.2, 0.25) is 0 Å². The monoisotopic (exact) mass is 400 g/mol. The average molecular weight is 400 g/mol. The van der Waals surface area contributed by atoms with Gasteiger partial charge in [-0.05, 0) is 49.2 Å². The quantitative estimate of drug-likeness (QED) is 0.600. The lowest BCUT2D eigenvalue weighted by Gasteiger charge is -2.20. The first-order chi connectivity index (χ1) is 13.8. The number of rotatable bonds is 6. The largest absolute Gasteiger partial charge is 0.493 e. The second-order valence-electron chi connectivity index (χ2n) is 6.84. The van der Waals surface area contributed by atoms with E-state index in [9.17, 15) is 13.6 Å². The molecule has 7 heteroatoms. The number of ether oxygens (including phenoxy) is 2. The van der Waals surface area contributed by atoms with Crippen LogP contribution in [-0.2, 0) is 6.54 Å². The number of benzene rings is 2. The van der Waals surface area contributed by atoms with Crippen molar-refractivity contribution in [3.05, 3.63) is 64.8 Å². The van der Waals surface area contributed by atoms with Crippen LogP contribution in [0.4, 0.5) is 8.78 Å². The summed E-state index contributed by atoms with van der Waals surface area (Å²) < 4.78 is 34.8. The van der Waals surface area contributed by atoms with Gasteiger partial charge in [0.1, 0.15) is 0 Å². The number of halogens is 2. The summed E-state index contributed by atoms with van der Waals surface area (Å²) in [4.78, 5) is 19.0. The molecule has 0 bridgehead atoms. The van der Waals surface area contributed by atoms with E-state index >= 15 is 0 Å². The molecule has 0 radical (unpaired) electrons. The molecule has 1 amide bonds. The number of hydrogen-bond acceptors (Lipinski definition) is 4. The fraction of sp³-hybridized carbons (Fsp3) is 0.273. The number of carbonyl (C=O) groups is 1. The zero-order valence-corrected chi connectivity index (χ0v) is 16.7. The molecule has 0 aliphatic heterocycles. The second kappa shape index (κ2) is 8.43. The Labute approximate surface area is 167 Å². The molecule has 0 aliphatic rings. The minimum absolute atomic E-state index is 0.0697. The minimum atomic E-state index is -2.96. The smallest absolute Gasteiger partial charge is 0.387 e. The van der Waals surface area contributed by atoms with E-state index in [0.717, 1.165) is 16.5 Å². The number of amides is 1. The molecule has 5 nitrogen and oxygen atoms in total. The van der Waals surface area contributed by atoms with Gasteiger partial charge in [-0.25, -0.2) is 0 Å². The Morgan fingerprint density at radius 2 is 1.86 bits per heavy atom. The molecule has 3 aromatic rings. The maximum Gasteiger partial charge on any atom is 0.387 e. The van der Waals surface area contributed by atoms with Gasteiger partial charge >= 0.3 is 6.61 Å². The lowest BCUT2D eigenvalue weighted by Crippen LogP contribution is -2.27. The summed E-state index contributed by atoms with van der Waals surface area (Å²) >= 11 is 0. The van der Waals surface area contributed by atoms with Crippen molar-refractivity contribution in [1.82, 2.24) is 9.88 Å². The Hall–Kier alpha value is -3.22. The van der Waals surface area contributed by atoms with Crippen LogP contribution < -0.4 is 9.47 Å². The number of methoxy groups -OCH3 is 1. The van der Waals surface area contributed by atoms with Gasteiger partial charge in [0.25, 0.3) is 5.91 Å². The first-order valence-corrected chi connectivity index (χ1v) is 9.03. The molecule has 3 rings (SSSR count). The molecule has 0 unspecified atom stereocenters. The van der Waals surface area contributed by atoms with Crippen LogP contribution in [0.25, 0.3) is 10.9 Å². The molecule has 1 aromatic heterocycles. The first-order valence-electron chi connectivity index (χ1n) is 9.03. The van der Waals surface area contributed by atoms with E-state index in [4.69, 9.17) is 4.74 Å². The Balaban J connectivity index is 1.84. The van der Waals surface area contributed by atoms with Gasteiger partial charge in [-0.2, -0.15) is 8.78 Å². The summed E-state index contributed by atoms with van der Waals surface area (Å²) in [5.74, 6) is -0.0720. The maximum absolute atomic E-state index is 13.0. The Bertz CT molecular complexity index is 1050. The summed E-state index contributed by atoms with van der Waals surface area (Å²) in [6.07, 6.45) is 0. The van der Waals surface area contributed by atoms with Crippen LogP contribution in [0.2, 0.25) is 0 Å². The Morgan fingerprint density at radius 1 is 1.10 bits per heavy atom. The number of carbonyl (C=O) groups excluding carboxylic acids is 1. The maximum atomic E-state index is 13.0. The molecule has 29 heavy (non-hydrogen) atoms. The molecule has 2 aromatic carbocycles. The highest BCUT2D eigenvalue weighted by atomic mass is 19.3. The molecule has 0 atom stereocenters. The number of aryl methyl sites for hydroxylation is 2. The topological polar surface area (TPSA) is 51.7 Å². The van der Waals surface area contributed by atoms with E-state index in [1.165, 1.54) is 24.1 Å². The van der Waals surface area contributed by atoms with Crippen LogP contribution in [-0.4, -0.2) is 36.6 Å². The van der Waals surface area contributed by atoms with Crippen molar-refractivity contribution in [2.24, 2.45) is 0 Å². The molecule has 0 aliphatic carbocycles. The third-order valence-corrected chi connectivity index (χ3v) is 4.60. The Morgan fingerprint density at radius 3 is 2.55 bits per heavy atom. The van der Waals surface area contributed by atoms with E-state index in [1.54, 1.807) is 20.0 Å². The molecule has 0 N–H and O–H groups in total. The zero-order chi connectivity index (χ0) is 21.1. The van der Waals surface area contributed by atoms with Crippen LogP contribution in [0.5, 0.6) is 11.5 Å². The molecule has 152 valence electrons. The number of nitrogens with zero attached hydrogens (tertiary/aromatic N) is 2. The van der Waals surface area contributed by atoms with Crippen molar-refractivity contribution in [2.75, 3.05) is 14.2 Å². The van der Waals surface area contributed by atoms with Gasteiger partial charge in [-0.1, -0.05) is 18.2 Å². The fourth-order valence-electron chi connectivity index (χ4n) is 3.15. The molecule has 0 spiro atoms. The average Bonchev–Trinajstić information content (AvgIpc) is 2.66. The van der Waals surface area contributed by atoms with E-state index in [1.807, 2.05) is 31.2 Å². The van der Waals surface area contributed by atoms with Crippen LogP contribution in [0, 0.1) is 13.8 Å². The van der Waals surface area contributed by atoms with Gasteiger partial charge in [-0.15, -0.1) is 0 Å². The van der Waals surface area contributed by atoms with E-state index < -0.39 is 6.61 Å². The highest BCUT2D eigenvalue weighted by molar-refractivity contribution is 5.98. The van der Waals surface area contributed by atoms with E-state index in [0.29, 0.717) is 16.8 Å². The van der Waals surface area contributed by atoms with E-state index in [2.05, 4.69) is 9.72 Å². The third-order valence-electron chi connectivity index (χ3n) is 4.60. The van der Waals surface area contributed by atoms with Crippen molar-refractivity contribution >= 4 is 16.8 Å². The first kappa shape index (κ1) is 20.5. The predicted octanol–water partition coefficient (Wildman–Crippen LogP) is 4.73. The van der Waals surface area contributed by atoms with Gasteiger partial charge in [0.15, 0.2) is 11.5 Å². The van der Waals surface area contributed by atoms with Crippen LogP contribution >= 0.6 is 0 Å². The standard InChI is InChI=1S/C22H22F2N2O3/c1-13-5-7-16-11-17(14(2)25-18(16)9-13)21(27)26(3)12-15-6-8-19(28-4)20(10-15)29-22(23)24/h5-11,22H,12H2,1-4H3.